The summed E-state index contributed by atoms with van der Waals surface area (Å²) >= 11 is 11.1. The quantitative estimate of drug-likeness (QED) is 0.572. The van der Waals surface area contributed by atoms with Gasteiger partial charge in [0.05, 0.1) is 5.70 Å². The van der Waals surface area contributed by atoms with E-state index in [1.54, 1.807) is 0 Å². The molecule has 114 valence electrons. The molecule has 0 saturated carbocycles. The number of rotatable bonds is 4. The second kappa shape index (κ2) is 7.29. The number of hydrogen-bond donors (Lipinski definition) is 3. The Morgan fingerprint density at radius 1 is 1.05 bits per heavy atom. The van der Waals surface area contributed by atoms with Crippen LogP contribution < -0.4 is 16.2 Å². The van der Waals surface area contributed by atoms with Crippen LogP contribution >= 0.6 is 23.8 Å². The Hall–Kier alpha value is -2.04. The molecule has 3 N–H and O–H groups in total. The van der Waals surface area contributed by atoms with Crippen LogP contribution in [0.15, 0.2) is 49.0 Å². The van der Waals surface area contributed by atoms with Crippen LogP contribution in [-0.2, 0) is 0 Å². The van der Waals surface area contributed by atoms with Gasteiger partial charge in [0, 0.05) is 10.7 Å². The molecule has 0 saturated heterocycles. The standard InChI is InChI=1S/C17H18ClN3S/c1-11-4-9-16(12(2)10-11)19-17(22)21-20-13(3)14-5-7-15(18)8-6-14/h4-10,20H,3H2,1-2H3,(H2,19,21,22). The molecule has 0 heterocycles. The fraction of sp³-hybridized carbons (Fsp3) is 0.118. The van der Waals surface area contributed by atoms with Gasteiger partial charge < -0.3 is 5.32 Å². The Bertz CT molecular complexity index is 696. The lowest BCUT2D eigenvalue weighted by atomic mass is 10.1. The third-order valence-corrected chi connectivity index (χ3v) is 3.61. The zero-order valence-corrected chi connectivity index (χ0v) is 14.1. The van der Waals surface area contributed by atoms with Crippen LogP contribution in [0.3, 0.4) is 0 Å². The Labute approximate surface area is 141 Å². The monoisotopic (exact) mass is 331 g/mol. The predicted octanol–water partition coefficient (Wildman–Crippen LogP) is 4.42. The van der Waals surface area contributed by atoms with Gasteiger partial charge in [-0.15, -0.1) is 0 Å². The van der Waals surface area contributed by atoms with E-state index in [1.165, 1.54) is 5.56 Å². The minimum atomic E-state index is 0.474. The van der Waals surface area contributed by atoms with Gasteiger partial charge >= 0.3 is 0 Å². The third kappa shape index (κ3) is 4.48. The predicted molar refractivity (Wildman–Crippen MR) is 98.9 cm³/mol. The Kier molecular flexibility index (Phi) is 5.41. The Morgan fingerprint density at radius 3 is 2.36 bits per heavy atom. The van der Waals surface area contributed by atoms with Gasteiger partial charge in [-0.3, -0.25) is 10.9 Å². The maximum atomic E-state index is 5.86. The number of aryl methyl sites for hydroxylation is 2. The molecule has 22 heavy (non-hydrogen) atoms. The molecule has 0 atom stereocenters. The average molecular weight is 332 g/mol. The number of anilines is 1. The molecule has 0 unspecified atom stereocenters. The highest BCUT2D eigenvalue weighted by atomic mass is 35.5. The lowest BCUT2D eigenvalue weighted by Gasteiger charge is -2.15. The van der Waals surface area contributed by atoms with Crippen molar-refractivity contribution in [2.45, 2.75) is 13.8 Å². The molecule has 0 aliphatic carbocycles. The zero-order chi connectivity index (χ0) is 16.1. The van der Waals surface area contributed by atoms with E-state index in [1.807, 2.05) is 43.3 Å². The van der Waals surface area contributed by atoms with E-state index in [2.05, 4.69) is 35.7 Å². The Balaban J connectivity index is 1.89. The average Bonchev–Trinajstić information content (AvgIpc) is 2.48. The van der Waals surface area contributed by atoms with Gasteiger partial charge in [0.1, 0.15) is 0 Å². The van der Waals surface area contributed by atoms with Crippen LogP contribution in [0.25, 0.3) is 5.70 Å². The molecule has 0 amide bonds. The van der Waals surface area contributed by atoms with E-state index in [0.29, 0.717) is 15.8 Å². The van der Waals surface area contributed by atoms with Gasteiger partial charge in [-0.2, -0.15) is 0 Å². The highest BCUT2D eigenvalue weighted by molar-refractivity contribution is 7.80. The first-order valence-electron chi connectivity index (χ1n) is 6.81. The maximum Gasteiger partial charge on any atom is 0.189 e. The van der Waals surface area contributed by atoms with Crippen molar-refractivity contribution in [3.05, 3.63) is 70.8 Å². The summed E-state index contributed by atoms with van der Waals surface area (Å²) in [5.41, 5.74) is 10.9. The minimum absolute atomic E-state index is 0.474. The summed E-state index contributed by atoms with van der Waals surface area (Å²) in [4.78, 5) is 0. The van der Waals surface area contributed by atoms with Gasteiger partial charge in [0.25, 0.3) is 0 Å². The van der Waals surface area contributed by atoms with Crippen LogP contribution in [0.5, 0.6) is 0 Å². The summed E-state index contributed by atoms with van der Waals surface area (Å²) in [5, 5.41) is 4.31. The summed E-state index contributed by atoms with van der Waals surface area (Å²) in [6.45, 7) is 8.06. The lowest BCUT2D eigenvalue weighted by molar-refractivity contribution is 0.851. The van der Waals surface area contributed by atoms with E-state index >= 15 is 0 Å². The molecule has 2 aromatic carbocycles. The highest BCUT2D eigenvalue weighted by Crippen LogP contribution is 2.16. The first-order valence-corrected chi connectivity index (χ1v) is 7.59. The van der Waals surface area contributed by atoms with Crippen molar-refractivity contribution in [1.82, 2.24) is 10.9 Å². The molecule has 0 aliphatic rings. The fourth-order valence-electron chi connectivity index (χ4n) is 1.96. The van der Waals surface area contributed by atoms with Gasteiger partial charge in [-0.25, -0.2) is 0 Å². The molecular weight excluding hydrogens is 314 g/mol. The largest absolute Gasteiger partial charge is 0.331 e. The van der Waals surface area contributed by atoms with Crippen molar-refractivity contribution in [1.29, 1.82) is 0 Å². The van der Waals surface area contributed by atoms with Crippen LogP contribution in [0.1, 0.15) is 16.7 Å². The first-order chi connectivity index (χ1) is 10.5. The second-order valence-corrected chi connectivity index (χ2v) is 5.85. The highest BCUT2D eigenvalue weighted by Gasteiger charge is 2.02. The fourth-order valence-corrected chi connectivity index (χ4v) is 2.25. The molecule has 0 bridgehead atoms. The molecule has 0 radical (unpaired) electrons. The van der Waals surface area contributed by atoms with Crippen molar-refractivity contribution in [3.63, 3.8) is 0 Å². The topological polar surface area (TPSA) is 36.1 Å². The number of nitrogens with one attached hydrogen (secondary N) is 3. The van der Waals surface area contributed by atoms with Crippen molar-refractivity contribution >= 4 is 40.3 Å². The summed E-state index contributed by atoms with van der Waals surface area (Å²) in [7, 11) is 0. The van der Waals surface area contributed by atoms with Crippen LogP contribution in [0.4, 0.5) is 5.69 Å². The summed E-state index contributed by atoms with van der Waals surface area (Å²) < 4.78 is 0. The first kappa shape index (κ1) is 16.3. The molecule has 5 heteroatoms. The van der Waals surface area contributed by atoms with Gasteiger partial charge in [-0.05, 0) is 55.4 Å². The summed E-state index contributed by atoms with van der Waals surface area (Å²) in [6, 6.07) is 13.6. The van der Waals surface area contributed by atoms with Gasteiger partial charge in [0.2, 0.25) is 0 Å². The SMILES string of the molecule is C=C(NNC(=S)Nc1ccc(C)cc1C)c1ccc(Cl)cc1. The number of hydrogen-bond acceptors (Lipinski definition) is 2. The van der Waals surface area contributed by atoms with Crippen LogP contribution in [0.2, 0.25) is 5.02 Å². The van der Waals surface area contributed by atoms with E-state index in [4.69, 9.17) is 23.8 Å². The molecule has 0 fully saturated rings. The lowest BCUT2D eigenvalue weighted by Crippen LogP contribution is -2.38. The van der Waals surface area contributed by atoms with Crippen molar-refractivity contribution in [2.75, 3.05) is 5.32 Å². The molecule has 2 rings (SSSR count). The van der Waals surface area contributed by atoms with Crippen LogP contribution in [-0.4, -0.2) is 5.11 Å². The van der Waals surface area contributed by atoms with Crippen molar-refractivity contribution in [3.8, 4) is 0 Å². The molecular formula is C17H18ClN3S. The number of halogens is 1. The number of thiocarbonyl (C=S) groups is 1. The minimum Gasteiger partial charge on any atom is -0.331 e. The molecule has 0 spiro atoms. The smallest absolute Gasteiger partial charge is 0.189 e. The summed E-state index contributed by atoms with van der Waals surface area (Å²) in [5.74, 6) is 0. The van der Waals surface area contributed by atoms with Crippen molar-refractivity contribution < 1.29 is 0 Å². The zero-order valence-electron chi connectivity index (χ0n) is 12.5. The summed E-state index contributed by atoms with van der Waals surface area (Å²) in [6.07, 6.45) is 0. The molecule has 0 aliphatic heterocycles. The maximum absolute atomic E-state index is 5.86. The number of hydrazine groups is 1. The van der Waals surface area contributed by atoms with E-state index in [9.17, 15) is 0 Å². The molecule has 3 nitrogen and oxygen atoms in total. The van der Waals surface area contributed by atoms with Gasteiger partial charge in [-0.1, -0.05) is 48.0 Å². The van der Waals surface area contributed by atoms with Crippen LogP contribution in [0, 0.1) is 13.8 Å². The van der Waals surface area contributed by atoms with E-state index in [0.717, 1.165) is 16.8 Å². The Morgan fingerprint density at radius 2 is 1.73 bits per heavy atom. The second-order valence-electron chi connectivity index (χ2n) is 5.01. The normalized spacial score (nSPS) is 9.95. The number of benzene rings is 2. The van der Waals surface area contributed by atoms with Gasteiger partial charge in [0.15, 0.2) is 5.11 Å². The van der Waals surface area contributed by atoms with E-state index < -0.39 is 0 Å². The molecule has 2 aromatic rings. The molecule has 0 aromatic heterocycles. The van der Waals surface area contributed by atoms with Crippen molar-refractivity contribution in [2.24, 2.45) is 0 Å². The van der Waals surface area contributed by atoms with E-state index in [-0.39, 0.29) is 0 Å². The third-order valence-electron chi connectivity index (χ3n) is 3.15.